The minimum Gasteiger partial charge on any atom is -0.349 e. The largest absolute Gasteiger partial charge is 0.349 e. The summed E-state index contributed by atoms with van der Waals surface area (Å²) in [6.07, 6.45) is 1.23. The van der Waals surface area contributed by atoms with Crippen LogP contribution >= 0.6 is 12.4 Å². The summed E-state index contributed by atoms with van der Waals surface area (Å²) >= 11 is 0. The molecular formula is C15H23ClF2N2O. The van der Waals surface area contributed by atoms with Gasteiger partial charge in [0.15, 0.2) is 0 Å². The van der Waals surface area contributed by atoms with E-state index in [0.29, 0.717) is 12.8 Å². The average molecular weight is 321 g/mol. The van der Waals surface area contributed by atoms with Crippen molar-refractivity contribution in [2.24, 2.45) is 11.1 Å². The Bertz CT molecular complexity index is 470. The van der Waals surface area contributed by atoms with E-state index in [1.807, 2.05) is 13.8 Å². The van der Waals surface area contributed by atoms with Gasteiger partial charge in [-0.1, -0.05) is 19.9 Å². The van der Waals surface area contributed by atoms with Gasteiger partial charge in [-0.05, 0) is 25.8 Å². The highest BCUT2D eigenvalue weighted by atomic mass is 35.5. The fourth-order valence-corrected chi connectivity index (χ4v) is 2.23. The molecule has 1 amide bonds. The Balaban J connectivity index is 0.00000400. The molecule has 1 unspecified atom stereocenters. The summed E-state index contributed by atoms with van der Waals surface area (Å²) in [6, 6.07) is 2.80. The number of hydrogen-bond acceptors (Lipinski definition) is 2. The molecule has 0 aliphatic rings. The number of carbonyl (C=O) groups excluding carboxylic acids is 1. The summed E-state index contributed by atoms with van der Waals surface area (Å²) in [5.74, 6) is -1.49. The minimum atomic E-state index is -0.663. The second-order valence-corrected chi connectivity index (χ2v) is 5.05. The molecule has 0 aliphatic carbocycles. The molecule has 0 aromatic heterocycles. The summed E-state index contributed by atoms with van der Waals surface area (Å²) in [6.45, 7) is 5.71. The van der Waals surface area contributed by atoms with E-state index >= 15 is 0 Å². The Labute approximate surface area is 130 Å². The fourth-order valence-electron chi connectivity index (χ4n) is 2.23. The zero-order valence-electron chi connectivity index (χ0n) is 12.6. The van der Waals surface area contributed by atoms with Crippen molar-refractivity contribution < 1.29 is 13.6 Å². The fraction of sp³-hybridized carbons (Fsp3) is 0.533. The first-order chi connectivity index (χ1) is 9.40. The van der Waals surface area contributed by atoms with Crippen LogP contribution in [0.3, 0.4) is 0 Å². The van der Waals surface area contributed by atoms with E-state index in [4.69, 9.17) is 5.73 Å². The maximum atomic E-state index is 13.7. The quantitative estimate of drug-likeness (QED) is 0.844. The van der Waals surface area contributed by atoms with E-state index in [-0.39, 0.29) is 30.4 Å². The van der Waals surface area contributed by atoms with Crippen LogP contribution in [0, 0.1) is 17.0 Å². The van der Waals surface area contributed by atoms with Crippen LogP contribution in [-0.4, -0.2) is 12.5 Å². The molecule has 0 heterocycles. The van der Waals surface area contributed by atoms with Gasteiger partial charge in [0.2, 0.25) is 5.91 Å². The molecule has 1 aromatic rings. The second kappa shape index (κ2) is 8.29. The number of benzene rings is 1. The Morgan fingerprint density at radius 1 is 1.33 bits per heavy atom. The van der Waals surface area contributed by atoms with Gasteiger partial charge in [-0.15, -0.1) is 12.4 Å². The monoisotopic (exact) mass is 320 g/mol. The van der Waals surface area contributed by atoms with Crippen LogP contribution in [0.5, 0.6) is 0 Å². The smallest absolute Gasteiger partial charge is 0.227 e. The molecule has 0 bridgehead atoms. The summed E-state index contributed by atoms with van der Waals surface area (Å²) in [5.41, 5.74) is 5.34. The van der Waals surface area contributed by atoms with Gasteiger partial charge in [0.05, 0.1) is 11.5 Å². The summed E-state index contributed by atoms with van der Waals surface area (Å²) in [4.78, 5) is 12.3. The minimum absolute atomic E-state index is 0. The van der Waals surface area contributed by atoms with E-state index in [9.17, 15) is 13.6 Å². The van der Waals surface area contributed by atoms with E-state index < -0.39 is 23.1 Å². The molecular weight excluding hydrogens is 298 g/mol. The number of rotatable bonds is 6. The summed E-state index contributed by atoms with van der Waals surface area (Å²) in [7, 11) is 0. The first kappa shape index (κ1) is 19.8. The standard InChI is InChI=1S/C15H22F2N2O.ClH/c1-4-15(5-2,9-18)14(20)19-10(3)12-7-6-11(16)8-13(12)17;/h6-8,10H,4-5,9,18H2,1-3H3,(H,19,20);1H. The molecule has 0 saturated carbocycles. The first-order valence-corrected chi connectivity index (χ1v) is 6.86. The molecule has 21 heavy (non-hydrogen) atoms. The lowest BCUT2D eigenvalue weighted by molar-refractivity contribution is -0.131. The van der Waals surface area contributed by atoms with Gasteiger partial charge in [-0.25, -0.2) is 8.78 Å². The topological polar surface area (TPSA) is 55.1 Å². The van der Waals surface area contributed by atoms with E-state index in [1.165, 1.54) is 12.1 Å². The summed E-state index contributed by atoms with van der Waals surface area (Å²) < 4.78 is 26.6. The number of amides is 1. The van der Waals surface area contributed by atoms with E-state index in [1.54, 1.807) is 6.92 Å². The third kappa shape index (κ3) is 4.38. The van der Waals surface area contributed by atoms with Crippen molar-refractivity contribution >= 4 is 18.3 Å². The predicted molar refractivity (Wildman–Crippen MR) is 82.2 cm³/mol. The van der Waals surface area contributed by atoms with Crippen LogP contribution in [0.1, 0.15) is 45.2 Å². The van der Waals surface area contributed by atoms with Crippen molar-refractivity contribution in [3.05, 3.63) is 35.4 Å². The molecule has 3 nitrogen and oxygen atoms in total. The van der Waals surface area contributed by atoms with Crippen molar-refractivity contribution in [2.45, 2.75) is 39.7 Å². The van der Waals surface area contributed by atoms with Crippen LogP contribution in [0.2, 0.25) is 0 Å². The molecule has 1 aromatic carbocycles. The van der Waals surface area contributed by atoms with Gasteiger partial charge < -0.3 is 11.1 Å². The van der Waals surface area contributed by atoms with Crippen LogP contribution in [0.15, 0.2) is 18.2 Å². The second-order valence-electron chi connectivity index (χ2n) is 5.05. The molecule has 120 valence electrons. The Morgan fingerprint density at radius 3 is 2.33 bits per heavy atom. The number of halogens is 3. The van der Waals surface area contributed by atoms with Crippen LogP contribution in [0.4, 0.5) is 8.78 Å². The van der Waals surface area contributed by atoms with Crippen LogP contribution < -0.4 is 11.1 Å². The molecule has 0 fully saturated rings. The van der Waals surface area contributed by atoms with Crippen molar-refractivity contribution in [3.8, 4) is 0 Å². The number of nitrogens with one attached hydrogen (secondary N) is 1. The average Bonchev–Trinajstić information content (AvgIpc) is 2.41. The maximum absolute atomic E-state index is 13.7. The highest BCUT2D eigenvalue weighted by molar-refractivity contribution is 5.85. The SMILES string of the molecule is CCC(CC)(CN)C(=O)NC(C)c1ccc(F)cc1F.Cl. The van der Waals surface area contributed by atoms with Crippen molar-refractivity contribution in [2.75, 3.05) is 6.54 Å². The van der Waals surface area contributed by atoms with Crippen molar-refractivity contribution in [1.82, 2.24) is 5.32 Å². The van der Waals surface area contributed by atoms with Gasteiger partial charge in [0, 0.05) is 18.2 Å². The van der Waals surface area contributed by atoms with Crippen LogP contribution in [-0.2, 0) is 4.79 Å². The molecule has 0 radical (unpaired) electrons. The highest BCUT2D eigenvalue weighted by Gasteiger charge is 2.34. The zero-order chi connectivity index (χ0) is 15.3. The van der Waals surface area contributed by atoms with Gasteiger partial charge in [-0.3, -0.25) is 4.79 Å². The lowest BCUT2D eigenvalue weighted by atomic mass is 9.81. The van der Waals surface area contributed by atoms with E-state index in [2.05, 4.69) is 5.32 Å². The molecule has 0 spiro atoms. The van der Waals surface area contributed by atoms with Crippen LogP contribution in [0.25, 0.3) is 0 Å². The zero-order valence-corrected chi connectivity index (χ0v) is 13.4. The first-order valence-electron chi connectivity index (χ1n) is 6.86. The molecule has 1 rings (SSSR count). The molecule has 1 atom stereocenters. The van der Waals surface area contributed by atoms with Gasteiger partial charge in [0.25, 0.3) is 0 Å². The predicted octanol–water partition coefficient (Wildman–Crippen LogP) is 3.33. The van der Waals surface area contributed by atoms with Crippen molar-refractivity contribution in [3.63, 3.8) is 0 Å². The summed E-state index contributed by atoms with van der Waals surface area (Å²) in [5, 5.41) is 2.77. The third-order valence-corrected chi connectivity index (χ3v) is 4.00. The highest BCUT2D eigenvalue weighted by Crippen LogP contribution is 2.27. The van der Waals surface area contributed by atoms with E-state index in [0.717, 1.165) is 6.07 Å². The van der Waals surface area contributed by atoms with Crippen molar-refractivity contribution in [1.29, 1.82) is 0 Å². The number of nitrogens with two attached hydrogens (primary N) is 1. The number of hydrogen-bond donors (Lipinski definition) is 2. The Kier molecular flexibility index (Phi) is 7.82. The van der Waals surface area contributed by atoms with Gasteiger partial charge in [-0.2, -0.15) is 0 Å². The third-order valence-electron chi connectivity index (χ3n) is 4.00. The lowest BCUT2D eigenvalue weighted by Crippen LogP contribution is -2.46. The van der Waals surface area contributed by atoms with Gasteiger partial charge >= 0.3 is 0 Å². The Morgan fingerprint density at radius 2 is 1.90 bits per heavy atom. The lowest BCUT2D eigenvalue weighted by Gasteiger charge is -2.30. The molecule has 0 saturated heterocycles. The Hall–Kier alpha value is -1.20. The molecule has 0 aliphatic heterocycles. The molecule has 3 N–H and O–H groups in total. The number of carbonyl (C=O) groups is 1. The van der Waals surface area contributed by atoms with Gasteiger partial charge in [0.1, 0.15) is 11.6 Å². The molecule has 6 heteroatoms. The maximum Gasteiger partial charge on any atom is 0.227 e. The normalized spacial score (nSPS) is 12.5.